The lowest BCUT2D eigenvalue weighted by Crippen LogP contribution is -1.96. The van der Waals surface area contributed by atoms with E-state index in [1.54, 1.807) is 6.20 Å². The second kappa shape index (κ2) is 13.4. The van der Waals surface area contributed by atoms with Crippen LogP contribution in [-0.2, 0) is 0 Å². The van der Waals surface area contributed by atoms with Gasteiger partial charge in [-0.15, -0.1) is 0 Å². The molecule has 0 radical (unpaired) electrons. The molecule has 10 rings (SSSR count). The Labute approximate surface area is 313 Å². The molecule has 0 aliphatic carbocycles. The van der Waals surface area contributed by atoms with E-state index in [4.69, 9.17) is 9.97 Å². The topological polar surface area (TPSA) is 38.7 Å². The van der Waals surface area contributed by atoms with Gasteiger partial charge in [-0.25, -0.2) is 9.97 Å². The van der Waals surface area contributed by atoms with Crippen LogP contribution in [0, 0.1) is 0 Å². The Morgan fingerprint density at radius 3 is 1.31 bits per heavy atom. The zero-order valence-electron chi connectivity index (χ0n) is 29.4. The maximum atomic E-state index is 5.25. The number of nitrogens with zero attached hydrogens (tertiary/aromatic N) is 3. The number of hydrogen-bond donors (Lipinski definition) is 0. The molecule has 0 saturated carbocycles. The molecule has 252 valence electrons. The van der Waals surface area contributed by atoms with Crippen LogP contribution < -0.4 is 0 Å². The highest BCUT2D eigenvalue weighted by Gasteiger charge is 2.15. The molecule has 0 fully saturated rings. The molecule has 54 heavy (non-hydrogen) atoms. The normalized spacial score (nSPS) is 11.3. The van der Waals surface area contributed by atoms with Crippen molar-refractivity contribution in [2.45, 2.75) is 0 Å². The predicted molar refractivity (Wildman–Crippen MR) is 225 cm³/mol. The predicted octanol–water partition coefficient (Wildman–Crippen LogP) is 13.3. The fraction of sp³-hybridized carbons (Fsp3) is 0. The van der Waals surface area contributed by atoms with E-state index in [0.717, 1.165) is 55.9 Å². The fourth-order valence-electron chi connectivity index (χ4n) is 7.68. The summed E-state index contributed by atoms with van der Waals surface area (Å²) in [5.74, 6) is 0.679. The molecule has 0 saturated heterocycles. The third-order valence-electron chi connectivity index (χ3n) is 10.3. The lowest BCUT2D eigenvalue weighted by Gasteiger charge is -2.13. The van der Waals surface area contributed by atoms with Gasteiger partial charge in [-0.1, -0.05) is 152 Å². The van der Waals surface area contributed by atoms with Crippen LogP contribution in [-0.4, -0.2) is 15.0 Å². The average Bonchev–Trinajstić information content (AvgIpc) is 3.27. The summed E-state index contributed by atoms with van der Waals surface area (Å²) in [5.41, 5.74) is 11.5. The van der Waals surface area contributed by atoms with Crippen LogP contribution in [0.5, 0.6) is 0 Å². The molecule has 8 aromatic carbocycles. The molecule has 2 heterocycles. The van der Waals surface area contributed by atoms with E-state index in [-0.39, 0.29) is 0 Å². The molecule has 0 unspecified atom stereocenters. The van der Waals surface area contributed by atoms with E-state index in [0.29, 0.717) is 5.82 Å². The van der Waals surface area contributed by atoms with Crippen molar-refractivity contribution in [3.63, 3.8) is 0 Å². The Morgan fingerprint density at radius 1 is 0.259 bits per heavy atom. The van der Waals surface area contributed by atoms with Gasteiger partial charge in [-0.3, -0.25) is 4.98 Å². The van der Waals surface area contributed by atoms with Gasteiger partial charge in [-0.05, 0) is 96.5 Å². The van der Waals surface area contributed by atoms with Gasteiger partial charge in [0, 0.05) is 34.6 Å². The largest absolute Gasteiger partial charge is 0.264 e. The molecule has 3 nitrogen and oxygen atoms in total. The molecule has 3 heteroatoms. The molecule has 0 aliphatic rings. The number of hydrogen-bond acceptors (Lipinski definition) is 3. The zero-order valence-corrected chi connectivity index (χ0v) is 29.4. The van der Waals surface area contributed by atoms with Gasteiger partial charge >= 0.3 is 0 Å². The minimum atomic E-state index is 0.679. The molecule has 2 aromatic heterocycles. The summed E-state index contributed by atoms with van der Waals surface area (Å²) in [4.78, 5) is 14.9. The van der Waals surface area contributed by atoms with E-state index >= 15 is 0 Å². The SMILES string of the molecule is c1ccc(-c2cccc(-c3cc(-c4cccc(-c5cccnc5)c4)nc(-c4cccc(-c5ccc6c7ccccc7c7ccccc7c6c5)c4)n3)c2)cc1. The summed E-state index contributed by atoms with van der Waals surface area (Å²) in [6.45, 7) is 0. The second-order valence-electron chi connectivity index (χ2n) is 13.7. The van der Waals surface area contributed by atoms with Gasteiger partial charge in [0.05, 0.1) is 11.4 Å². The van der Waals surface area contributed by atoms with Crippen molar-refractivity contribution in [2.24, 2.45) is 0 Å². The summed E-state index contributed by atoms with van der Waals surface area (Å²) < 4.78 is 0. The van der Waals surface area contributed by atoms with E-state index < -0.39 is 0 Å². The third-order valence-corrected chi connectivity index (χ3v) is 10.3. The van der Waals surface area contributed by atoms with Crippen LogP contribution in [0.3, 0.4) is 0 Å². The summed E-state index contributed by atoms with van der Waals surface area (Å²) in [5, 5.41) is 7.59. The van der Waals surface area contributed by atoms with Crippen LogP contribution >= 0.6 is 0 Å². The van der Waals surface area contributed by atoms with Gasteiger partial charge in [-0.2, -0.15) is 0 Å². The van der Waals surface area contributed by atoms with E-state index in [1.807, 2.05) is 18.3 Å². The standard InChI is InChI=1S/C51H33N3/c1-2-12-34(13-3-1)35-14-8-17-39(28-35)49-32-50(40-18-9-16-37(29-40)42-20-11-27-52-33-42)54-51(53-49)41-19-10-15-36(30-41)38-25-26-47-45-23-5-4-21-43(45)44-22-6-7-24-46(44)48(47)31-38/h1-33H. The lowest BCUT2D eigenvalue weighted by atomic mass is 9.92. The summed E-state index contributed by atoms with van der Waals surface area (Å²) >= 11 is 0. The van der Waals surface area contributed by atoms with Crippen molar-refractivity contribution < 1.29 is 0 Å². The summed E-state index contributed by atoms with van der Waals surface area (Å²) in [7, 11) is 0. The highest BCUT2D eigenvalue weighted by atomic mass is 14.9. The van der Waals surface area contributed by atoms with Gasteiger partial charge in [0.2, 0.25) is 0 Å². The van der Waals surface area contributed by atoms with Crippen molar-refractivity contribution in [3.8, 4) is 67.3 Å². The Kier molecular flexibility index (Phi) is 7.81. The molecular weight excluding hydrogens is 655 g/mol. The minimum Gasteiger partial charge on any atom is -0.264 e. The maximum absolute atomic E-state index is 5.25. The monoisotopic (exact) mass is 687 g/mol. The molecule has 0 aliphatic heterocycles. The highest BCUT2D eigenvalue weighted by molar-refractivity contribution is 6.25. The van der Waals surface area contributed by atoms with Crippen LogP contribution in [0.2, 0.25) is 0 Å². The van der Waals surface area contributed by atoms with Crippen molar-refractivity contribution in [2.75, 3.05) is 0 Å². The second-order valence-corrected chi connectivity index (χ2v) is 13.7. The minimum absolute atomic E-state index is 0.679. The number of benzene rings is 8. The first-order chi connectivity index (χ1) is 26.7. The smallest absolute Gasteiger partial charge is 0.160 e. The van der Waals surface area contributed by atoms with E-state index in [9.17, 15) is 0 Å². The first kappa shape index (κ1) is 31.5. The van der Waals surface area contributed by atoms with Crippen molar-refractivity contribution in [1.82, 2.24) is 15.0 Å². The average molecular weight is 688 g/mol. The molecule has 0 amide bonds. The summed E-state index contributed by atoms with van der Waals surface area (Å²) in [6.07, 6.45) is 3.70. The molecule has 10 aromatic rings. The number of pyridine rings is 1. The first-order valence-electron chi connectivity index (χ1n) is 18.2. The van der Waals surface area contributed by atoms with Crippen LogP contribution in [0.25, 0.3) is 99.6 Å². The Morgan fingerprint density at radius 2 is 0.704 bits per heavy atom. The maximum Gasteiger partial charge on any atom is 0.160 e. The zero-order chi connectivity index (χ0) is 35.8. The number of rotatable bonds is 6. The highest BCUT2D eigenvalue weighted by Crippen LogP contribution is 2.38. The van der Waals surface area contributed by atoms with Crippen molar-refractivity contribution in [1.29, 1.82) is 0 Å². The Bertz CT molecular complexity index is 2850. The van der Waals surface area contributed by atoms with Gasteiger partial charge in [0.25, 0.3) is 0 Å². The van der Waals surface area contributed by atoms with E-state index in [2.05, 4.69) is 181 Å². The fourth-order valence-corrected chi connectivity index (χ4v) is 7.68. The Hall–Kier alpha value is -7.23. The first-order valence-corrected chi connectivity index (χ1v) is 18.2. The van der Waals surface area contributed by atoms with Crippen molar-refractivity contribution >= 4 is 32.3 Å². The molecule has 0 N–H and O–H groups in total. The van der Waals surface area contributed by atoms with E-state index in [1.165, 1.54) is 37.9 Å². The third kappa shape index (κ3) is 5.78. The quantitative estimate of drug-likeness (QED) is 0.163. The van der Waals surface area contributed by atoms with Gasteiger partial charge in [0.1, 0.15) is 0 Å². The summed E-state index contributed by atoms with van der Waals surface area (Å²) in [6, 6.07) is 66.7. The number of fused-ring (bicyclic) bond motifs is 6. The molecule has 0 spiro atoms. The van der Waals surface area contributed by atoms with Crippen LogP contribution in [0.1, 0.15) is 0 Å². The molecular formula is C51H33N3. The van der Waals surface area contributed by atoms with Crippen LogP contribution in [0.4, 0.5) is 0 Å². The molecule has 0 bridgehead atoms. The number of aromatic nitrogens is 3. The van der Waals surface area contributed by atoms with Gasteiger partial charge < -0.3 is 0 Å². The van der Waals surface area contributed by atoms with Gasteiger partial charge in [0.15, 0.2) is 5.82 Å². The lowest BCUT2D eigenvalue weighted by molar-refractivity contribution is 1.18. The molecule has 0 atom stereocenters. The Balaban J connectivity index is 1.12. The van der Waals surface area contributed by atoms with Crippen LogP contribution in [0.15, 0.2) is 200 Å². The van der Waals surface area contributed by atoms with Crippen molar-refractivity contribution in [3.05, 3.63) is 200 Å².